The first-order valence-electron chi connectivity index (χ1n) is 11.7. The van der Waals surface area contributed by atoms with Gasteiger partial charge in [0.05, 0.1) is 12.1 Å². The number of ether oxygens (including phenoxy) is 1. The quantitative estimate of drug-likeness (QED) is 0.480. The van der Waals surface area contributed by atoms with Crippen LogP contribution in [0.3, 0.4) is 0 Å². The Morgan fingerprint density at radius 1 is 0.848 bits per heavy atom. The molecule has 1 aliphatic rings. The van der Waals surface area contributed by atoms with Crippen molar-refractivity contribution >= 4 is 11.9 Å². The zero-order valence-electron chi connectivity index (χ0n) is 19.6. The third kappa shape index (κ3) is 4.70. The van der Waals surface area contributed by atoms with Gasteiger partial charge in [-0.05, 0) is 72.1 Å². The van der Waals surface area contributed by atoms with E-state index in [1.54, 1.807) is 6.92 Å². The molecule has 0 spiro atoms. The highest BCUT2D eigenvalue weighted by Crippen LogP contribution is 2.48. The van der Waals surface area contributed by atoms with E-state index in [4.69, 9.17) is 4.74 Å². The fourth-order valence-electron chi connectivity index (χ4n) is 5.03. The average Bonchev–Trinajstić information content (AvgIpc) is 3.06. The summed E-state index contributed by atoms with van der Waals surface area (Å²) in [6.45, 7) is 5.94. The molecule has 170 valence electrons. The minimum atomic E-state index is -0.536. The van der Waals surface area contributed by atoms with Gasteiger partial charge in [-0.15, -0.1) is 0 Å². The van der Waals surface area contributed by atoms with E-state index in [9.17, 15) is 9.59 Å². The van der Waals surface area contributed by atoms with Gasteiger partial charge >= 0.3 is 5.97 Å². The van der Waals surface area contributed by atoms with Crippen molar-refractivity contribution in [3.05, 3.63) is 94.5 Å². The Labute approximate surface area is 196 Å². The van der Waals surface area contributed by atoms with Crippen LogP contribution in [0.1, 0.15) is 55.0 Å². The second-order valence-corrected chi connectivity index (χ2v) is 8.81. The number of hydrogen-bond acceptors (Lipinski definition) is 3. The van der Waals surface area contributed by atoms with Gasteiger partial charge in [-0.1, -0.05) is 66.7 Å². The van der Waals surface area contributed by atoms with Crippen LogP contribution >= 0.6 is 0 Å². The number of rotatable bonds is 8. The van der Waals surface area contributed by atoms with Gasteiger partial charge in [-0.3, -0.25) is 9.59 Å². The number of nitrogens with one attached hydrogen (secondary N) is 1. The molecule has 4 heteroatoms. The second-order valence-electron chi connectivity index (χ2n) is 8.81. The van der Waals surface area contributed by atoms with Crippen molar-refractivity contribution in [1.82, 2.24) is 5.32 Å². The summed E-state index contributed by atoms with van der Waals surface area (Å²) in [4.78, 5) is 23.7. The summed E-state index contributed by atoms with van der Waals surface area (Å²) in [5.74, 6) is -0.184. The normalized spacial score (nSPS) is 16.1. The van der Waals surface area contributed by atoms with E-state index in [1.807, 2.05) is 13.0 Å². The molecule has 0 saturated heterocycles. The van der Waals surface area contributed by atoms with Gasteiger partial charge in [0.2, 0.25) is 5.91 Å². The van der Waals surface area contributed by atoms with Crippen molar-refractivity contribution in [3.8, 4) is 11.1 Å². The van der Waals surface area contributed by atoms with Gasteiger partial charge in [0, 0.05) is 13.3 Å². The first-order valence-corrected chi connectivity index (χ1v) is 11.7. The van der Waals surface area contributed by atoms with Gasteiger partial charge < -0.3 is 10.1 Å². The third-order valence-corrected chi connectivity index (χ3v) is 6.46. The SMILES string of the molecule is CCOC(=O)CCc1ccc(CCc2cccc3c2C(C)(NC(C)=O)c2ccccc2-3)cc1. The molecule has 1 atom stereocenters. The average molecular weight is 442 g/mol. The molecule has 0 bridgehead atoms. The highest BCUT2D eigenvalue weighted by atomic mass is 16.5. The van der Waals surface area contributed by atoms with Crippen molar-refractivity contribution in [2.45, 2.75) is 52.0 Å². The number of fused-ring (bicyclic) bond motifs is 3. The first-order chi connectivity index (χ1) is 15.9. The Balaban J connectivity index is 1.53. The maximum absolute atomic E-state index is 12.1. The van der Waals surface area contributed by atoms with Crippen molar-refractivity contribution in [2.75, 3.05) is 6.61 Å². The van der Waals surface area contributed by atoms with Crippen molar-refractivity contribution in [1.29, 1.82) is 0 Å². The fourth-order valence-corrected chi connectivity index (χ4v) is 5.03. The predicted octanol–water partition coefficient (Wildman–Crippen LogP) is 5.35. The summed E-state index contributed by atoms with van der Waals surface area (Å²) in [7, 11) is 0. The Hall–Kier alpha value is -3.40. The summed E-state index contributed by atoms with van der Waals surface area (Å²) in [5.41, 5.74) is 7.86. The maximum Gasteiger partial charge on any atom is 0.306 e. The van der Waals surface area contributed by atoms with Crippen LogP contribution in [0.2, 0.25) is 0 Å². The lowest BCUT2D eigenvalue weighted by atomic mass is 9.84. The smallest absolute Gasteiger partial charge is 0.306 e. The highest BCUT2D eigenvalue weighted by molar-refractivity contribution is 5.85. The van der Waals surface area contributed by atoms with Crippen LogP contribution in [-0.2, 0) is 39.1 Å². The molecular weight excluding hydrogens is 410 g/mol. The molecule has 1 unspecified atom stereocenters. The number of hydrogen-bond donors (Lipinski definition) is 1. The molecule has 3 aromatic rings. The molecule has 1 amide bonds. The van der Waals surface area contributed by atoms with E-state index in [2.05, 4.69) is 72.9 Å². The number of esters is 1. The fraction of sp³-hybridized carbons (Fsp3) is 0.310. The number of carbonyl (C=O) groups is 2. The van der Waals surface area contributed by atoms with Gasteiger partial charge in [-0.25, -0.2) is 0 Å². The number of benzene rings is 3. The molecule has 0 saturated carbocycles. The lowest BCUT2D eigenvalue weighted by Crippen LogP contribution is -2.42. The zero-order valence-corrected chi connectivity index (χ0v) is 19.6. The highest BCUT2D eigenvalue weighted by Gasteiger charge is 2.41. The molecule has 0 fully saturated rings. The van der Waals surface area contributed by atoms with Crippen LogP contribution in [0.15, 0.2) is 66.7 Å². The molecule has 1 aliphatic carbocycles. The maximum atomic E-state index is 12.1. The Bertz CT molecular complexity index is 1170. The van der Waals surface area contributed by atoms with Crippen molar-refractivity contribution in [3.63, 3.8) is 0 Å². The molecule has 1 N–H and O–H groups in total. The van der Waals surface area contributed by atoms with Crippen LogP contribution in [0.4, 0.5) is 0 Å². The van der Waals surface area contributed by atoms with Crippen LogP contribution in [0, 0.1) is 0 Å². The largest absolute Gasteiger partial charge is 0.466 e. The van der Waals surface area contributed by atoms with Crippen molar-refractivity contribution < 1.29 is 14.3 Å². The molecule has 4 rings (SSSR count). The minimum Gasteiger partial charge on any atom is -0.466 e. The zero-order chi connectivity index (χ0) is 23.4. The molecule has 3 aromatic carbocycles. The van der Waals surface area contributed by atoms with E-state index in [1.165, 1.54) is 27.8 Å². The first kappa shape index (κ1) is 22.8. The van der Waals surface area contributed by atoms with Gasteiger partial charge in [0.1, 0.15) is 0 Å². The summed E-state index contributed by atoms with van der Waals surface area (Å²) in [5, 5.41) is 3.23. The topological polar surface area (TPSA) is 55.4 Å². The third-order valence-electron chi connectivity index (χ3n) is 6.46. The lowest BCUT2D eigenvalue weighted by molar-refractivity contribution is -0.143. The Morgan fingerprint density at radius 2 is 1.52 bits per heavy atom. The second kappa shape index (κ2) is 9.62. The van der Waals surface area contributed by atoms with Crippen LogP contribution in [0.5, 0.6) is 0 Å². The van der Waals surface area contributed by atoms with E-state index < -0.39 is 5.54 Å². The van der Waals surface area contributed by atoms with Gasteiger partial charge in [0.15, 0.2) is 0 Å². The summed E-state index contributed by atoms with van der Waals surface area (Å²) in [6.07, 6.45) is 2.89. The molecule has 0 heterocycles. The molecule has 0 aliphatic heterocycles. The van der Waals surface area contributed by atoms with E-state index in [0.29, 0.717) is 19.4 Å². The van der Waals surface area contributed by atoms with E-state index in [0.717, 1.165) is 24.0 Å². The van der Waals surface area contributed by atoms with Gasteiger partial charge in [0.25, 0.3) is 0 Å². The van der Waals surface area contributed by atoms with Crippen LogP contribution in [0.25, 0.3) is 11.1 Å². The summed E-state index contributed by atoms with van der Waals surface area (Å²) < 4.78 is 5.01. The minimum absolute atomic E-state index is 0.0339. The summed E-state index contributed by atoms with van der Waals surface area (Å²) >= 11 is 0. The van der Waals surface area contributed by atoms with Gasteiger partial charge in [-0.2, -0.15) is 0 Å². The monoisotopic (exact) mass is 441 g/mol. The Kier molecular flexibility index (Phi) is 6.64. The molecule has 4 nitrogen and oxygen atoms in total. The van der Waals surface area contributed by atoms with Crippen LogP contribution < -0.4 is 5.32 Å². The summed E-state index contributed by atoms with van der Waals surface area (Å²) in [6, 6.07) is 23.3. The predicted molar refractivity (Wildman–Crippen MR) is 131 cm³/mol. The van der Waals surface area contributed by atoms with E-state index in [-0.39, 0.29) is 11.9 Å². The lowest BCUT2D eigenvalue weighted by Gasteiger charge is -2.30. The van der Waals surface area contributed by atoms with Crippen LogP contribution in [-0.4, -0.2) is 18.5 Å². The standard InChI is InChI=1S/C29H31NO3/c1-4-33-27(32)19-17-22-14-12-21(13-15-22)16-18-23-8-7-10-25-24-9-5-6-11-26(24)29(3,28(23)25)30-20(2)31/h5-15H,4,16-19H2,1-3H3,(H,30,31). The molecule has 33 heavy (non-hydrogen) atoms. The van der Waals surface area contributed by atoms with Crippen molar-refractivity contribution in [2.24, 2.45) is 0 Å². The Morgan fingerprint density at radius 3 is 2.21 bits per heavy atom. The molecule has 0 aromatic heterocycles. The molecule has 0 radical (unpaired) electrons. The van der Waals surface area contributed by atoms with E-state index >= 15 is 0 Å². The number of amides is 1. The number of aryl methyl sites for hydroxylation is 3. The number of carbonyl (C=O) groups excluding carboxylic acids is 2. The molecular formula is C29H31NO3.